The zero-order valence-corrected chi connectivity index (χ0v) is 16.5. The Morgan fingerprint density at radius 2 is 1.43 bits per heavy atom. The topological polar surface area (TPSA) is 83.5 Å². The summed E-state index contributed by atoms with van der Waals surface area (Å²) >= 11 is 5.84. The minimum absolute atomic E-state index is 0.242. The predicted molar refractivity (Wildman–Crippen MR) is 106 cm³/mol. The van der Waals surface area contributed by atoms with Crippen LogP contribution in [0, 0.1) is 0 Å². The number of aromatic carboxylic acids is 1. The Bertz CT molecular complexity index is 1190. The average Bonchev–Trinajstić information content (AvgIpc) is 2.67. The Hall–Kier alpha value is -3.04. The molecular weight excluding hydrogens is 443 g/mol. The van der Waals surface area contributed by atoms with E-state index in [9.17, 15) is 31.5 Å². The molecule has 0 saturated heterocycles. The number of sulfonamides is 1. The van der Waals surface area contributed by atoms with Gasteiger partial charge in [-0.25, -0.2) is 13.2 Å². The predicted octanol–water partition coefficient (Wildman–Crippen LogP) is 5.52. The highest BCUT2D eigenvalue weighted by atomic mass is 35.5. The van der Waals surface area contributed by atoms with Gasteiger partial charge in [-0.1, -0.05) is 35.9 Å². The molecule has 0 amide bonds. The van der Waals surface area contributed by atoms with Gasteiger partial charge < -0.3 is 5.11 Å². The lowest BCUT2D eigenvalue weighted by Crippen LogP contribution is -2.17. The third-order valence-corrected chi connectivity index (χ3v) is 5.80. The van der Waals surface area contributed by atoms with Crippen LogP contribution in [0.4, 0.5) is 18.9 Å². The van der Waals surface area contributed by atoms with Gasteiger partial charge in [-0.3, -0.25) is 4.72 Å². The van der Waals surface area contributed by atoms with E-state index in [4.69, 9.17) is 11.6 Å². The summed E-state index contributed by atoms with van der Waals surface area (Å²) in [4.78, 5) is 11.1. The van der Waals surface area contributed by atoms with Crippen molar-refractivity contribution in [3.05, 3.63) is 82.9 Å². The van der Waals surface area contributed by atoms with E-state index in [0.717, 1.165) is 5.56 Å². The molecule has 3 rings (SSSR count). The van der Waals surface area contributed by atoms with Crippen LogP contribution in [0.3, 0.4) is 0 Å². The highest BCUT2D eigenvalue weighted by molar-refractivity contribution is 7.92. The zero-order valence-electron chi connectivity index (χ0n) is 14.9. The van der Waals surface area contributed by atoms with E-state index in [0.29, 0.717) is 28.8 Å². The first-order valence-corrected chi connectivity index (χ1v) is 10.2. The number of rotatable bonds is 5. The van der Waals surface area contributed by atoms with E-state index in [2.05, 4.69) is 0 Å². The molecule has 5 nitrogen and oxygen atoms in total. The molecule has 3 aromatic rings. The molecule has 0 spiro atoms. The van der Waals surface area contributed by atoms with E-state index in [1.165, 1.54) is 24.3 Å². The SMILES string of the molecule is O=C(O)c1ccc(C(F)(F)F)cc1NS(=O)(=O)c1ccc(-c2ccc(Cl)cc2)cc1. The fourth-order valence-electron chi connectivity index (χ4n) is 2.66. The van der Waals surface area contributed by atoms with Gasteiger partial charge in [0.15, 0.2) is 0 Å². The Morgan fingerprint density at radius 3 is 1.93 bits per heavy atom. The second-order valence-corrected chi connectivity index (χ2v) is 8.32. The van der Waals surface area contributed by atoms with Crippen molar-refractivity contribution in [3.8, 4) is 11.1 Å². The Kier molecular flexibility index (Phi) is 5.78. The number of nitrogens with one attached hydrogen (secondary N) is 1. The first kappa shape index (κ1) is 21.7. The van der Waals surface area contributed by atoms with Crippen LogP contribution >= 0.6 is 11.6 Å². The third kappa shape index (κ3) is 4.74. The minimum Gasteiger partial charge on any atom is -0.478 e. The molecule has 156 valence electrons. The highest BCUT2D eigenvalue weighted by Crippen LogP contribution is 2.33. The molecule has 0 unspecified atom stereocenters. The van der Waals surface area contributed by atoms with E-state index in [1.54, 1.807) is 24.3 Å². The number of carbonyl (C=O) groups is 1. The van der Waals surface area contributed by atoms with Gasteiger partial charge in [0.25, 0.3) is 10.0 Å². The molecule has 0 atom stereocenters. The van der Waals surface area contributed by atoms with Gasteiger partial charge in [0.1, 0.15) is 0 Å². The van der Waals surface area contributed by atoms with Gasteiger partial charge >= 0.3 is 12.1 Å². The smallest absolute Gasteiger partial charge is 0.416 e. The van der Waals surface area contributed by atoms with Crippen molar-refractivity contribution in [2.75, 3.05) is 4.72 Å². The maximum absolute atomic E-state index is 13.0. The van der Waals surface area contributed by atoms with Crippen molar-refractivity contribution < 1.29 is 31.5 Å². The summed E-state index contributed by atoms with van der Waals surface area (Å²) in [5.41, 5.74) is -0.995. The lowest BCUT2D eigenvalue weighted by molar-refractivity contribution is -0.137. The van der Waals surface area contributed by atoms with Crippen molar-refractivity contribution in [1.82, 2.24) is 0 Å². The molecular formula is C20H13ClF3NO4S. The van der Waals surface area contributed by atoms with Crippen LogP contribution in [0.25, 0.3) is 11.1 Å². The van der Waals surface area contributed by atoms with Crippen molar-refractivity contribution >= 4 is 33.3 Å². The summed E-state index contributed by atoms with van der Waals surface area (Å²) in [6.45, 7) is 0. The second kappa shape index (κ2) is 8.00. The molecule has 2 N–H and O–H groups in total. The van der Waals surface area contributed by atoms with Crippen LogP contribution in [-0.2, 0) is 16.2 Å². The number of benzene rings is 3. The first-order chi connectivity index (χ1) is 14.0. The normalized spacial score (nSPS) is 11.9. The number of carboxylic acid groups (broad SMARTS) is 1. The van der Waals surface area contributed by atoms with Crippen LogP contribution in [0.15, 0.2) is 71.6 Å². The zero-order chi connectivity index (χ0) is 22.1. The molecule has 0 radical (unpaired) electrons. The van der Waals surface area contributed by atoms with Crippen molar-refractivity contribution in [1.29, 1.82) is 0 Å². The summed E-state index contributed by atoms with van der Waals surface area (Å²) in [7, 11) is -4.34. The Labute approximate surface area is 174 Å². The minimum atomic E-state index is -4.77. The van der Waals surface area contributed by atoms with E-state index in [-0.39, 0.29) is 4.90 Å². The van der Waals surface area contributed by atoms with Crippen LogP contribution < -0.4 is 4.72 Å². The first-order valence-electron chi connectivity index (χ1n) is 8.31. The molecule has 0 aliphatic heterocycles. The van der Waals surface area contributed by atoms with E-state index < -0.39 is 39.0 Å². The lowest BCUT2D eigenvalue weighted by atomic mass is 10.1. The number of halogens is 4. The monoisotopic (exact) mass is 455 g/mol. The number of carboxylic acids is 1. The van der Waals surface area contributed by atoms with E-state index in [1.807, 2.05) is 4.72 Å². The summed E-state index contributed by atoms with van der Waals surface area (Å²) in [6, 6.07) is 14.1. The van der Waals surface area contributed by atoms with Crippen molar-refractivity contribution in [2.24, 2.45) is 0 Å². The maximum Gasteiger partial charge on any atom is 0.416 e. The Balaban J connectivity index is 1.94. The Morgan fingerprint density at radius 1 is 0.900 bits per heavy atom. The number of alkyl halides is 3. The van der Waals surface area contributed by atoms with E-state index >= 15 is 0 Å². The molecule has 0 heterocycles. The van der Waals surface area contributed by atoms with Crippen LogP contribution in [0.1, 0.15) is 15.9 Å². The summed E-state index contributed by atoms with van der Waals surface area (Å²) in [5.74, 6) is -1.57. The molecule has 0 saturated carbocycles. The third-order valence-electron chi connectivity index (χ3n) is 4.16. The van der Waals surface area contributed by atoms with Gasteiger partial charge in [0.2, 0.25) is 0 Å². The number of hydrogen-bond donors (Lipinski definition) is 2. The largest absolute Gasteiger partial charge is 0.478 e. The average molecular weight is 456 g/mol. The second-order valence-electron chi connectivity index (χ2n) is 6.20. The summed E-state index contributed by atoms with van der Waals surface area (Å²) in [5, 5.41) is 9.72. The van der Waals surface area contributed by atoms with Crippen molar-refractivity contribution in [3.63, 3.8) is 0 Å². The molecule has 3 aromatic carbocycles. The van der Waals surface area contributed by atoms with Gasteiger partial charge in [-0.15, -0.1) is 0 Å². The summed E-state index contributed by atoms with van der Waals surface area (Å²) < 4.78 is 66.1. The molecule has 0 aromatic heterocycles. The van der Waals surface area contributed by atoms with Gasteiger partial charge in [-0.2, -0.15) is 13.2 Å². The molecule has 30 heavy (non-hydrogen) atoms. The fourth-order valence-corrected chi connectivity index (χ4v) is 3.86. The summed E-state index contributed by atoms with van der Waals surface area (Å²) in [6.07, 6.45) is -4.77. The van der Waals surface area contributed by atoms with Gasteiger partial charge in [-0.05, 0) is 53.6 Å². The molecule has 0 bridgehead atoms. The lowest BCUT2D eigenvalue weighted by Gasteiger charge is -2.14. The molecule has 0 aliphatic carbocycles. The van der Waals surface area contributed by atoms with Crippen LogP contribution in [0.2, 0.25) is 5.02 Å². The maximum atomic E-state index is 13.0. The molecule has 0 fully saturated rings. The van der Waals surface area contributed by atoms with Crippen molar-refractivity contribution in [2.45, 2.75) is 11.1 Å². The standard InChI is InChI=1S/C20H13ClF3NO4S/c21-15-6-1-12(2-7-15)13-3-8-16(9-4-13)30(28,29)25-18-11-14(20(22,23)24)5-10-17(18)19(26)27/h1-11,25H,(H,26,27). The number of hydrogen-bond acceptors (Lipinski definition) is 3. The number of anilines is 1. The fraction of sp³-hybridized carbons (Fsp3) is 0.0500. The van der Waals surface area contributed by atoms with Crippen LogP contribution in [-0.4, -0.2) is 19.5 Å². The highest BCUT2D eigenvalue weighted by Gasteiger charge is 2.32. The van der Waals surface area contributed by atoms with Crippen LogP contribution in [0.5, 0.6) is 0 Å². The molecule has 10 heteroatoms. The quantitative estimate of drug-likeness (QED) is 0.530. The molecule has 0 aliphatic rings. The van der Waals surface area contributed by atoms with Gasteiger partial charge in [0, 0.05) is 5.02 Å². The van der Waals surface area contributed by atoms with Gasteiger partial charge in [0.05, 0.1) is 21.7 Å².